The Balaban J connectivity index is 1.97. The molecule has 0 bridgehead atoms. The summed E-state index contributed by atoms with van der Waals surface area (Å²) < 4.78 is 6.17. The number of hydrogen-bond acceptors (Lipinski definition) is 5. The third-order valence-electron chi connectivity index (χ3n) is 2.77. The van der Waals surface area contributed by atoms with Crippen LogP contribution in [0, 0.1) is 0 Å². The molecule has 19 heavy (non-hydrogen) atoms. The van der Waals surface area contributed by atoms with Crippen LogP contribution in [0.1, 0.15) is 26.2 Å². The van der Waals surface area contributed by atoms with Crippen LogP contribution in [0.4, 0.5) is 0 Å². The summed E-state index contributed by atoms with van der Waals surface area (Å²) >= 11 is 3.34. The van der Waals surface area contributed by atoms with Crippen LogP contribution in [0.3, 0.4) is 0 Å². The topological polar surface area (TPSA) is 63.8 Å². The molecule has 2 heterocycles. The Morgan fingerprint density at radius 3 is 2.95 bits per heavy atom. The number of hydrogen-bond donors (Lipinski definition) is 1. The van der Waals surface area contributed by atoms with Gasteiger partial charge >= 0.3 is 0 Å². The molecule has 1 unspecified atom stereocenters. The molecule has 2 rings (SSSR count). The second-order valence-electron chi connectivity index (χ2n) is 4.37. The minimum Gasteiger partial charge on any atom is -0.339 e. The van der Waals surface area contributed by atoms with Gasteiger partial charge in [0.2, 0.25) is 11.7 Å². The highest BCUT2D eigenvalue weighted by Crippen LogP contribution is 2.16. The minimum atomic E-state index is 0.450. The molecule has 0 radical (unpaired) electrons. The van der Waals surface area contributed by atoms with Gasteiger partial charge in [-0.15, -0.1) is 0 Å². The Labute approximate surface area is 121 Å². The highest BCUT2D eigenvalue weighted by atomic mass is 79.9. The van der Waals surface area contributed by atoms with Crippen LogP contribution in [0.25, 0.3) is 11.5 Å². The van der Waals surface area contributed by atoms with E-state index >= 15 is 0 Å². The average molecular weight is 325 g/mol. The monoisotopic (exact) mass is 324 g/mol. The van der Waals surface area contributed by atoms with Gasteiger partial charge in [0.25, 0.3) is 0 Å². The van der Waals surface area contributed by atoms with E-state index in [0.717, 1.165) is 29.6 Å². The van der Waals surface area contributed by atoms with Crippen LogP contribution in [0.5, 0.6) is 0 Å². The number of nitrogens with one attached hydrogen (secondary N) is 1. The van der Waals surface area contributed by atoms with Crippen molar-refractivity contribution >= 4 is 15.9 Å². The second kappa shape index (κ2) is 6.77. The predicted molar refractivity (Wildman–Crippen MR) is 76.7 cm³/mol. The third kappa shape index (κ3) is 4.11. The van der Waals surface area contributed by atoms with E-state index in [1.165, 1.54) is 0 Å². The lowest BCUT2D eigenvalue weighted by molar-refractivity contribution is 0.368. The summed E-state index contributed by atoms with van der Waals surface area (Å²) in [7, 11) is 0. The average Bonchev–Trinajstić information content (AvgIpc) is 2.86. The van der Waals surface area contributed by atoms with Crippen molar-refractivity contribution < 1.29 is 4.52 Å². The molecule has 0 aliphatic rings. The fourth-order valence-corrected chi connectivity index (χ4v) is 1.99. The molecule has 0 aliphatic heterocycles. The number of pyridine rings is 1. The Morgan fingerprint density at radius 2 is 2.26 bits per heavy atom. The maximum Gasteiger partial charge on any atom is 0.227 e. The van der Waals surface area contributed by atoms with E-state index in [0.29, 0.717) is 17.8 Å². The standard InChI is InChI=1S/C13H17BrN4O/c1-3-15-9(2)4-7-12-17-13(18-19-12)11-6-5-10(14)8-16-11/h5-6,8-9,15H,3-4,7H2,1-2H3. The van der Waals surface area contributed by atoms with E-state index in [2.05, 4.69) is 50.2 Å². The lowest BCUT2D eigenvalue weighted by Gasteiger charge is -2.09. The number of aryl methyl sites for hydroxylation is 1. The normalized spacial score (nSPS) is 12.6. The molecule has 0 spiro atoms. The van der Waals surface area contributed by atoms with Gasteiger partial charge in [0.1, 0.15) is 5.69 Å². The van der Waals surface area contributed by atoms with Gasteiger partial charge in [-0.05, 0) is 48.0 Å². The first-order valence-electron chi connectivity index (χ1n) is 6.37. The van der Waals surface area contributed by atoms with Gasteiger partial charge in [-0.3, -0.25) is 4.98 Å². The zero-order valence-corrected chi connectivity index (χ0v) is 12.6. The zero-order chi connectivity index (χ0) is 13.7. The van der Waals surface area contributed by atoms with Gasteiger partial charge in [-0.25, -0.2) is 0 Å². The van der Waals surface area contributed by atoms with E-state index in [4.69, 9.17) is 4.52 Å². The maximum atomic E-state index is 5.24. The van der Waals surface area contributed by atoms with Crippen molar-refractivity contribution in [3.63, 3.8) is 0 Å². The van der Waals surface area contributed by atoms with Crippen molar-refractivity contribution in [2.45, 2.75) is 32.7 Å². The van der Waals surface area contributed by atoms with Crippen LogP contribution >= 0.6 is 15.9 Å². The van der Waals surface area contributed by atoms with Gasteiger partial charge < -0.3 is 9.84 Å². The van der Waals surface area contributed by atoms with Crippen molar-refractivity contribution in [3.8, 4) is 11.5 Å². The second-order valence-corrected chi connectivity index (χ2v) is 5.29. The fraction of sp³-hybridized carbons (Fsp3) is 0.462. The first-order valence-corrected chi connectivity index (χ1v) is 7.16. The van der Waals surface area contributed by atoms with Crippen LogP contribution in [-0.2, 0) is 6.42 Å². The third-order valence-corrected chi connectivity index (χ3v) is 3.24. The smallest absolute Gasteiger partial charge is 0.227 e. The van der Waals surface area contributed by atoms with E-state index < -0.39 is 0 Å². The highest BCUT2D eigenvalue weighted by Gasteiger charge is 2.10. The molecule has 2 aromatic rings. The Morgan fingerprint density at radius 1 is 1.42 bits per heavy atom. The van der Waals surface area contributed by atoms with Crippen molar-refractivity contribution in [2.75, 3.05) is 6.54 Å². The molecule has 1 atom stereocenters. The molecule has 2 aromatic heterocycles. The molecule has 5 nitrogen and oxygen atoms in total. The molecule has 0 saturated carbocycles. The summed E-state index contributed by atoms with van der Waals surface area (Å²) in [6.45, 7) is 5.22. The molecule has 1 N–H and O–H groups in total. The number of nitrogens with zero attached hydrogens (tertiary/aromatic N) is 3. The van der Waals surface area contributed by atoms with E-state index in [-0.39, 0.29) is 0 Å². The van der Waals surface area contributed by atoms with Crippen molar-refractivity contribution in [2.24, 2.45) is 0 Å². The van der Waals surface area contributed by atoms with Gasteiger partial charge in [0, 0.05) is 23.1 Å². The van der Waals surface area contributed by atoms with Crippen LogP contribution < -0.4 is 5.32 Å². The first kappa shape index (κ1) is 14.1. The van der Waals surface area contributed by atoms with Gasteiger partial charge in [-0.2, -0.15) is 4.98 Å². The van der Waals surface area contributed by atoms with Crippen LogP contribution in [0.15, 0.2) is 27.3 Å². The van der Waals surface area contributed by atoms with Crippen molar-refractivity contribution in [3.05, 3.63) is 28.7 Å². The molecule has 102 valence electrons. The molecule has 6 heteroatoms. The summed E-state index contributed by atoms with van der Waals surface area (Å²) in [4.78, 5) is 8.60. The minimum absolute atomic E-state index is 0.450. The summed E-state index contributed by atoms with van der Waals surface area (Å²) in [6, 6.07) is 4.22. The molecule has 0 aromatic carbocycles. The van der Waals surface area contributed by atoms with Crippen molar-refractivity contribution in [1.29, 1.82) is 0 Å². The number of aromatic nitrogens is 3. The quantitative estimate of drug-likeness (QED) is 0.885. The maximum absolute atomic E-state index is 5.24. The molecule has 0 amide bonds. The van der Waals surface area contributed by atoms with Crippen molar-refractivity contribution in [1.82, 2.24) is 20.4 Å². The Hall–Kier alpha value is -1.27. The lowest BCUT2D eigenvalue weighted by atomic mass is 10.2. The molecular formula is C13H17BrN4O. The van der Waals surface area contributed by atoms with E-state index in [1.807, 2.05) is 12.1 Å². The number of rotatable bonds is 6. The van der Waals surface area contributed by atoms with Gasteiger partial charge in [-0.1, -0.05) is 12.1 Å². The van der Waals surface area contributed by atoms with Gasteiger partial charge in [0.15, 0.2) is 0 Å². The molecule has 0 aliphatic carbocycles. The van der Waals surface area contributed by atoms with Crippen LogP contribution in [0.2, 0.25) is 0 Å². The largest absolute Gasteiger partial charge is 0.339 e. The summed E-state index contributed by atoms with van der Waals surface area (Å²) in [5.41, 5.74) is 0.720. The Bertz CT molecular complexity index is 512. The van der Waals surface area contributed by atoms with Crippen LogP contribution in [-0.4, -0.2) is 27.7 Å². The zero-order valence-electron chi connectivity index (χ0n) is 11.1. The predicted octanol–water partition coefficient (Wildman–Crippen LogP) is 2.82. The molecule has 0 saturated heterocycles. The number of halogens is 1. The lowest BCUT2D eigenvalue weighted by Crippen LogP contribution is -2.25. The summed E-state index contributed by atoms with van der Waals surface area (Å²) in [6.07, 6.45) is 3.47. The fourth-order valence-electron chi connectivity index (χ4n) is 1.76. The highest BCUT2D eigenvalue weighted by molar-refractivity contribution is 9.10. The summed E-state index contributed by atoms with van der Waals surface area (Å²) in [5, 5.41) is 7.31. The SMILES string of the molecule is CCNC(C)CCc1nc(-c2ccc(Br)cn2)no1. The summed E-state index contributed by atoms with van der Waals surface area (Å²) in [5.74, 6) is 1.20. The van der Waals surface area contributed by atoms with Gasteiger partial charge in [0.05, 0.1) is 0 Å². The van der Waals surface area contributed by atoms with E-state index in [1.54, 1.807) is 6.20 Å². The molecular weight excluding hydrogens is 308 g/mol. The Kier molecular flexibility index (Phi) is 5.04. The molecule has 0 fully saturated rings. The van der Waals surface area contributed by atoms with E-state index in [9.17, 15) is 0 Å². The first-order chi connectivity index (χ1) is 9.19.